The molecule has 29 heavy (non-hydrogen) atoms. The van der Waals surface area contributed by atoms with Crippen LogP contribution in [0.3, 0.4) is 0 Å². The summed E-state index contributed by atoms with van der Waals surface area (Å²) in [6.07, 6.45) is 2.50. The molecule has 6 nitrogen and oxygen atoms in total. The largest absolute Gasteiger partial charge is 0.360 e. The predicted molar refractivity (Wildman–Crippen MR) is 111 cm³/mol. The number of ketones is 1. The topological polar surface area (TPSA) is 82.3 Å². The third-order valence-corrected chi connectivity index (χ3v) is 5.69. The van der Waals surface area contributed by atoms with Crippen LogP contribution in [0, 0.1) is 6.92 Å². The summed E-state index contributed by atoms with van der Waals surface area (Å²) < 4.78 is 0. The Labute approximate surface area is 168 Å². The Balaban J connectivity index is 1.61. The van der Waals surface area contributed by atoms with E-state index in [9.17, 15) is 14.4 Å². The number of H-pyrrole nitrogens is 1. The van der Waals surface area contributed by atoms with Gasteiger partial charge in [-0.1, -0.05) is 55.0 Å². The Hall–Kier alpha value is -3.41. The highest BCUT2D eigenvalue weighted by Crippen LogP contribution is 2.30. The summed E-state index contributed by atoms with van der Waals surface area (Å²) in [5.74, 6) is -0.699. The van der Waals surface area contributed by atoms with Crippen molar-refractivity contribution in [2.75, 3.05) is 6.54 Å². The number of carbonyl (C=O) groups is 3. The van der Waals surface area contributed by atoms with E-state index in [1.165, 1.54) is 0 Å². The maximum Gasteiger partial charge on any atom is 0.325 e. The molecular formula is C23H23N3O3. The fourth-order valence-corrected chi connectivity index (χ4v) is 3.89. The van der Waals surface area contributed by atoms with E-state index in [0.717, 1.165) is 33.4 Å². The molecule has 1 aromatic heterocycles. The van der Waals surface area contributed by atoms with Gasteiger partial charge in [-0.3, -0.25) is 14.5 Å². The standard InChI is InChI=1S/C23H23N3O3/c1-4-15-6-5-7-17-18(12-24-20(15)17)19(27)13-26-21(28)23(3,25-22(26)29)16-10-8-14(2)9-11-16/h5-12,24H,4,13H2,1-3H3,(H,25,29)/t23-/m1/s1. The van der Waals surface area contributed by atoms with E-state index < -0.39 is 17.5 Å². The molecule has 3 aromatic rings. The monoisotopic (exact) mass is 389 g/mol. The Morgan fingerprint density at radius 3 is 2.52 bits per heavy atom. The van der Waals surface area contributed by atoms with Gasteiger partial charge in [-0.25, -0.2) is 4.79 Å². The quantitative estimate of drug-likeness (QED) is 0.516. The molecule has 2 heterocycles. The van der Waals surface area contributed by atoms with Crippen molar-refractivity contribution >= 4 is 28.6 Å². The van der Waals surface area contributed by atoms with Crippen molar-refractivity contribution in [3.8, 4) is 0 Å². The van der Waals surface area contributed by atoms with Gasteiger partial charge < -0.3 is 10.3 Å². The molecule has 1 saturated heterocycles. The minimum Gasteiger partial charge on any atom is -0.360 e. The van der Waals surface area contributed by atoms with Crippen molar-refractivity contribution in [2.24, 2.45) is 0 Å². The number of hydrogen-bond acceptors (Lipinski definition) is 3. The number of urea groups is 1. The third-order valence-electron chi connectivity index (χ3n) is 5.69. The van der Waals surface area contributed by atoms with Crippen LogP contribution in [0.5, 0.6) is 0 Å². The minimum absolute atomic E-state index is 0.277. The molecule has 3 amide bonds. The number of carbonyl (C=O) groups excluding carboxylic acids is 3. The zero-order chi connectivity index (χ0) is 20.8. The number of benzene rings is 2. The van der Waals surface area contributed by atoms with Gasteiger partial charge in [0.1, 0.15) is 5.54 Å². The van der Waals surface area contributed by atoms with E-state index in [2.05, 4.69) is 17.2 Å². The van der Waals surface area contributed by atoms with Gasteiger partial charge in [0.15, 0.2) is 5.78 Å². The smallest absolute Gasteiger partial charge is 0.325 e. The van der Waals surface area contributed by atoms with E-state index in [0.29, 0.717) is 11.1 Å². The maximum absolute atomic E-state index is 13.1. The van der Waals surface area contributed by atoms with Gasteiger partial charge in [-0.15, -0.1) is 0 Å². The van der Waals surface area contributed by atoms with Crippen molar-refractivity contribution in [1.29, 1.82) is 0 Å². The summed E-state index contributed by atoms with van der Waals surface area (Å²) in [7, 11) is 0. The van der Waals surface area contributed by atoms with Gasteiger partial charge in [-0.05, 0) is 31.4 Å². The van der Waals surface area contributed by atoms with Crippen LogP contribution < -0.4 is 5.32 Å². The van der Waals surface area contributed by atoms with E-state index in [4.69, 9.17) is 0 Å². The highest BCUT2D eigenvalue weighted by molar-refractivity contribution is 6.14. The molecule has 0 bridgehead atoms. The van der Waals surface area contributed by atoms with Crippen LogP contribution in [0.4, 0.5) is 4.79 Å². The van der Waals surface area contributed by atoms with Crippen molar-refractivity contribution in [1.82, 2.24) is 15.2 Å². The zero-order valence-corrected chi connectivity index (χ0v) is 16.7. The third kappa shape index (κ3) is 3.01. The number of aryl methyl sites for hydroxylation is 2. The molecule has 1 fully saturated rings. The molecule has 0 aliphatic carbocycles. The second-order valence-corrected chi connectivity index (χ2v) is 7.63. The highest BCUT2D eigenvalue weighted by Gasteiger charge is 2.49. The lowest BCUT2D eigenvalue weighted by atomic mass is 9.91. The van der Waals surface area contributed by atoms with Crippen molar-refractivity contribution < 1.29 is 14.4 Å². The molecule has 0 saturated carbocycles. The molecule has 0 radical (unpaired) electrons. The molecule has 2 aromatic carbocycles. The second kappa shape index (κ2) is 6.88. The first-order valence-electron chi connectivity index (χ1n) is 9.68. The number of hydrogen-bond donors (Lipinski definition) is 2. The average molecular weight is 389 g/mol. The number of nitrogens with one attached hydrogen (secondary N) is 2. The number of aromatic nitrogens is 1. The van der Waals surface area contributed by atoms with Gasteiger partial charge in [0.2, 0.25) is 0 Å². The van der Waals surface area contributed by atoms with Gasteiger partial charge >= 0.3 is 6.03 Å². The van der Waals surface area contributed by atoms with Gasteiger partial charge in [0, 0.05) is 22.7 Å². The number of nitrogens with zero attached hydrogens (tertiary/aromatic N) is 1. The van der Waals surface area contributed by atoms with Crippen molar-refractivity contribution in [2.45, 2.75) is 32.7 Å². The van der Waals surface area contributed by atoms with Crippen molar-refractivity contribution in [3.05, 3.63) is 70.9 Å². The number of fused-ring (bicyclic) bond motifs is 1. The molecule has 148 valence electrons. The number of para-hydroxylation sites is 1. The van der Waals surface area contributed by atoms with Crippen LogP contribution in [-0.2, 0) is 16.8 Å². The maximum atomic E-state index is 13.1. The number of amides is 3. The summed E-state index contributed by atoms with van der Waals surface area (Å²) in [6.45, 7) is 5.38. The fraction of sp³-hybridized carbons (Fsp3) is 0.261. The van der Waals surface area contributed by atoms with E-state index >= 15 is 0 Å². The molecule has 0 spiro atoms. The Morgan fingerprint density at radius 2 is 1.83 bits per heavy atom. The normalized spacial score (nSPS) is 19.1. The Bertz CT molecular complexity index is 1130. The highest BCUT2D eigenvalue weighted by atomic mass is 16.2. The summed E-state index contributed by atoms with van der Waals surface area (Å²) in [5.41, 5.74) is 3.09. The SMILES string of the molecule is CCc1cccc2c(C(=O)CN3C(=O)N[C@](C)(c4ccc(C)cc4)C3=O)c[nH]c12. The van der Waals surface area contributed by atoms with Crippen LogP contribution in [-0.4, -0.2) is 34.2 Å². The number of Topliss-reactive ketones (excluding diaryl/α,β-unsaturated/α-hetero) is 1. The van der Waals surface area contributed by atoms with E-state index in [1.807, 2.05) is 49.4 Å². The second-order valence-electron chi connectivity index (χ2n) is 7.63. The summed E-state index contributed by atoms with van der Waals surface area (Å²) >= 11 is 0. The Kier molecular flexibility index (Phi) is 4.49. The van der Waals surface area contributed by atoms with Crippen LogP contribution >= 0.6 is 0 Å². The van der Waals surface area contributed by atoms with E-state index in [1.54, 1.807) is 13.1 Å². The fourth-order valence-electron chi connectivity index (χ4n) is 3.89. The molecule has 0 unspecified atom stereocenters. The zero-order valence-electron chi connectivity index (χ0n) is 16.7. The van der Waals surface area contributed by atoms with Gasteiger partial charge in [0.05, 0.1) is 6.54 Å². The molecule has 4 rings (SSSR count). The Morgan fingerprint density at radius 1 is 1.10 bits per heavy atom. The van der Waals surface area contributed by atoms with Crippen LogP contribution in [0.25, 0.3) is 10.9 Å². The van der Waals surface area contributed by atoms with Crippen LogP contribution in [0.1, 0.15) is 40.9 Å². The first kappa shape index (κ1) is 18.9. The summed E-state index contributed by atoms with van der Waals surface area (Å²) in [4.78, 5) is 42.7. The first-order chi connectivity index (χ1) is 13.8. The molecule has 1 aliphatic heterocycles. The minimum atomic E-state index is -1.18. The summed E-state index contributed by atoms with van der Waals surface area (Å²) in [6, 6.07) is 12.7. The van der Waals surface area contributed by atoms with Gasteiger partial charge in [-0.2, -0.15) is 0 Å². The molecule has 2 N–H and O–H groups in total. The molecular weight excluding hydrogens is 366 g/mol. The van der Waals surface area contributed by atoms with Crippen LogP contribution in [0.15, 0.2) is 48.7 Å². The summed E-state index contributed by atoms with van der Waals surface area (Å²) in [5, 5.41) is 3.56. The lowest BCUT2D eigenvalue weighted by molar-refractivity contribution is -0.130. The van der Waals surface area contributed by atoms with Crippen LogP contribution in [0.2, 0.25) is 0 Å². The lowest BCUT2D eigenvalue weighted by Crippen LogP contribution is -2.41. The van der Waals surface area contributed by atoms with Crippen molar-refractivity contribution in [3.63, 3.8) is 0 Å². The van der Waals surface area contributed by atoms with E-state index in [-0.39, 0.29) is 12.3 Å². The number of imide groups is 1. The molecule has 6 heteroatoms. The predicted octanol–water partition coefficient (Wildman–Crippen LogP) is 3.69. The number of rotatable bonds is 5. The van der Waals surface area contributed by atoms with Gasteiger partial charge in [0.25, 0.3) is 5.91 Å². The lowest BCUT2D eigenvalue weighted by Gasteiger charge is -2.22. The molecule has 1 atom stereocenters. The number of aromatic amines is 1. The first-order valence-corrected chi connectivity index (χ1v) is 9.68. The average Bonchev–Trinajstić information content (AvgIpc) is 3.23. The molecule has 1 aliphatic rings.